The van der Waals surface area contributed by atoms with E-state index in [1.54, 1.807) is 6.26 Å². The Hall–Kier alpha value is -1.29. The Morgan fingerprint density at radius 1 is 1.67 bits per heavy atom. The Balaban J connectivity index is 2.44. The SMILES string of the molecule is CCCNC(=O)CC(CN)c1ccco1. The molecule has 0 radical (unpaired) electrons. The molecule has 1 unspecified atom stereocenters. The van der Waals surface area contributed by atoms with Gasteiger partial charge in [0, 0.05) is 25.4 Å². The van der Waals surface area contributed by atoms with Crippen LogP contribution >= 0.6 is 0 Å². The highest BCUT2D eigenvalue weighted by atomic mass is 16.3. The quantitative estimate of drug-likeness (QED) is 0.742. The average Bonchev–Trinajstić information content (AvgIpc) is 2.76. The van der Waals surface area contributed by atoms with Gasteiger partial charge in [0.1, 0.15) is 5.76 Å². The molecular formula is C11H18N2O2. The Morgan fingerprint density at radius 3 is 3.00 bits per heavy atom. The zero-order valence-electron chi connectivity index (χ0n) is 9.03. The van der Waals surface area contributed by atoms with E-state index >= 15 is 0 Å². The minimum atomic E-state index is -0.0168. The van der Waals surface area contributed by atoms with Crippen molar-refractivity contribution in [3.8, 4) is 0 Å². The van der Waals surface area contributed by atoms with Crippen LogP contribution in [0.5, 0.6) is 0 Å². The van der Waals surface area contributed by atoms with Crippen LogP contribution in [0.25, 0.3) is 0 Å². The van der Waals surface area contributed by atoms with Crippen molar-refractivity contribution in [1.82, 2.24) is 5.32 Å². The molecule has 4 nitrogen and oxygen atoms in total. The van der Waals surface area contributed by atoms with Crippen molar-refractivity contribution >= 4 is 5.91 Å². The van der Waals surface area contributed by atoms with Gasteiger partial charge in [-0.15, -0.1) is 0 Å². The summed E-state index contributed by atoms with van der Waals surface area (Å²) in [4.78, 5) is 11.5. The number of carbonyl (C=O) groups is 1. The maximum absolute atomic E-state index is 11.5. The lowest BCUT2D eigenvalue weighted by Crippen LogP contribution is -2.27. The second-order valence-electron chi connectivity index (χ2n) is 3.50. The van der Waals surface area contributed by atoms with E-state index < -0.39 is 0 Å². The molecule has 0 aliphatic carbocycles. The summed E-state index contributed by atoms with van der Waals surface area (Å²) in [5, 5.41) is 2.82. The largest absolute Gasteiger partial charge is 0.469 e. The normalized spacial score (nSPS) is 12.4. The van der Waals surface area contributed by atoms with Crippen molar-refractivity contribution < 1.29 is 9.21 Å². The summed E-state index contributed by atoms with van der Waals surface area (Å²) in [6.45, 7) is 3.16. The van der Waals surface area contributed by atoms with Crippen molar-refractivity contribution in [1.29, 1.82) is 0 Å². The fraction of sp³-hybridized carbons (Fsp3) is 0.545. The lowest BCUT2D eigenvalue weighted by atomic mass is 10.0. The summed E-state index contributed by atoms with van der Waals surface area (Å²) in [5.41, 5.74) is 5.60. The molecule has 1 amide bonds. The van der Waals surface area contributed by atoms with E-state index in [1.165, 1.54) is 0 Å². The van der Waals surface area contributed by atoms with Gasteiger partial charge in [-0.25, -0.2) is 0 Å². The molecule has 1 atom stereocenters. The third-order valence-corrected chi connectivity index (χ3v) is 2.23. The lowest BCUT2D eigenvalue weighted by Gasteiger charge is -2.11. The van der Waals surface area contributed by atoms with E-state index in [0.717, 1.165) is 12.2 Å². The predicted molar refractivity (Wildman–Crippen MR) is 58.4 cm³/mol. The van der Waals surface area contributed by atoms with E-state index in [0.29, 0.717) is 19.5 Å². The van der Waals surface area contributed by atoms with Crippen LogP contribution in [-0.4, -0.2) is 19.0 Å². The van der Waals surface area contributed by atoms with Crippen LogP contribution in [0.4, 0.5) is 0 Å². The molecule has 3 N–H and O–H groups in total. The molecule has 1 heterocycles. The maximum atomic E-state index is 11.5. The number of hydrogen-bond donors (Lipinski definition) is 2. The van der Waals surface area contributed by atoms with Crippen LogP contribution in [0.15, 0.2) is 22.8 Å². The van der Waals surface area contributed by atoms with Crippen molar-refractivity contribution in [3.05, 3.63) is 24.2 Å². The van der Waals surface area contributed by atoms with Crippen molar-refractivity contribution in [2.45, 2.75) is 25.7 Å². The van der Waals surface area contributed by atoms with Gasteiger partial charge in [-0.2, -0.15) is 0 Å². The first kappa shape index (κ1) is 11.8. The van der Waals surface area contributed by atoms with Crippen LogP contribution < -0.4 is 11.1 Å². The molecule has 0 aliphatic heterocycles. The number of hydrogen-bond acceptors (Lipinski definition) is 3. The number of nitrogens with one attached hydrogen (secondary N) is 1. The lowest BCUT2D eigenvalue weighted by molar-refractivity contribution is -0.121. The molecule has 84 valence electrons. The molecule has 0 fully saturated rings. The molecule has 0 saturated heterocycles. The molecule has 0 spiro atoms. The number of carbonyl (C=O) groups excluding carboxylic acids is 1. The third kappa shape index (κ3) is 3.75. The highest BCUT2D eigenvalue weighted by Crippen LogP contribution is 2.18. The predicted octanol–water partition coefficient (Wildman–Crippen LogP) is 1.24. The fourth-order valence-corrected chi connectivity index (χ4v) is 1.38. The summed E-state index contributed by atoms with van der Waals surface area (Å²) >= 11 is 0. The maximum Gasteiger partial charge on any atom is 0.220 e. The first-order chi connectivity index (χ1) is 7.27. The minimum Gasteiger partial charge on any atom is -0.469 e. The van der Waals surface area contributed by atoms with Gasteiger partial charge < -0.3 is 15.5 Å². The molecule has 1 rings (SSSR count). The van der Waals surface area contributed by atoms with Crippen LogP contribution in [0.1, 0.15) is 31.4 Å². The van der Waals surface area contributed by atoms with Crippen molar-refractivity contribution in [2.75, 3.05) is 13.1 Å². The van der Waals surface area contributed by atoms with Gasteiger partial charge in [0.05, 0.1) is 6.26 Å². The zero-order valence-corrected chi connectivity index (χ0v) is 9.03. The van der Waals surface area contributed by atoms with Crippen LogP contribution in [0.3, 0.4) is 0 Å². The van der Waals surface area contributed by atoms with Crippen molar-refractivity contribution in [2.24, 2.45) is 5.73 Å². The van der Waals surface area contributed by atoms with E-state index in [-0.39, 0.29) is 11.8 Å². The first-order valence-corrected chi connectivity index (χ1v) is 5.28. The number of rotatable bonds is 6. The van der Waals surface area contributed by atoms with Gasteiger partial charge in [-0.05, 0) is 18.6 Å². The molecule has 15 heavy (non-hydrogen) atoms. The molecule has 4 heteroatoms. The monoisotopic (exact) mass is 210 g/mol. The van der Waals surface area contributed by atoms with Gasteiger partial charge in [-0.1, -0.05) is 6.92 Å². The van der Waals surface area contributed by atoms with Crippen molar-refractivity contribution in [3.63, 3.8) is 0 Å². The van der Waals surface area contributed by atoms with E-state index in [2.05, 4.69) is 5.32 Å². The summed E-state index contributed by atoms with van der Waals surface area (Å²) < 4.78 is 5.23. The number of amides is 1. The molecule has 0 aliphatic rings. The summed E-state index contributed by atoms with van der Waals surface area (Å²) in [5.74, 6) is 0.796. The standard InChI is InChI=1S/C11H18N2O2/c1-2-5-13-11(14)7-9(8-12)10-4-3-6-15-10/h3-4,6,9H,2,5,7-8,12H2,1H3,(H,13,14). The van der Waals surface area contributed by atoms with Gasteiger partial charge in [0.25, 0.3) is 0 Å². The second-order valence-corrected chi connectivity index (χ2v) is 3.50. The minimum absolute atomic E-state index is 0.0168. The molecular weight excluding hydrogens is 192 g/mol. The summed E-state index contributed by atoms with van der Waals surface area (Å²) in [7, 11) is 0. The molecule has 1 aromatic rings. The Morgan fingerprint density at radius 2 is 2.47 bits per heavy atom. The fourth-order valence-electron chi connectivity index (χ4n) is 1.38. The highest BCUT2D eigenvalue weighted by molar-refractivity contribution is 5.76. The summed E-state index contributed by atoms with van der Waals surface area (Å²) in [6.07, 6.45) is 2.94. The van der Waals surface area contributed by atoms with E-state index in [4.69, 9.17) is 10.2 Å². The van der Waals surface area contributed by atoms with Gasteiger partial charge in [-0.3, -0.25) is 4.79 Å². The van der Waals surface area contributed by atoms with E-state index in [9.17, 15) is 4.79 Å². The molecule has 0 bridgehead atoms. The first-order valence-electron chi connectivity index (χ1n) is 5.28. The molecule has 1 aromatic heterocycles. The topological polar surface area (TPSA) is 68.3 Å². The zero-order chi connectivity index (χ0) is 11.1. The highest BCUT2D eigenvalue weighted by Gasteiger charge is 2.16. The second kappa shape index (κ2) is 6.24. The van der Waals surface area contributed by atoms with Crippen LogP contribution in [0.2, 0.25) is 0 Å². The van der Waals surface area contributed by atoms with Gasteiger partial charge in [0.15, 0.2) is 0 Å². The van der Waals surface area contributed by atoms with Gasteiger partial charge in [0.2, 0.25) is 5.91 Å². The Kier molecular flexibility index (Phi) is 4.90. The number of furan rings is 1. The Labute approximate surface area is 89.8 Å². The smallest absolute Gasteiger partial charge is 0.220 e. The van der Waals surface area contributed by atoms with Crippen LogP contribution in [-0.2, 0) is 4.79 Å². The Bertz CT molecular complexity index is 283. The molecule has 0 aromatic carbocycles. The molecule has 0 saturated carbocycles. The number of nitrogens with two attached hydrogens (primary N) is 1. The van der Waals surface area contributed by atoms with E-state index in [1.807, 2.05) is 19.1 Å². The third-order valence-electron chi connectivity index (χ3n) is 2.23. The van der Waals surface area contributed by atoms with Crippen LogP contribution in [0, 0.1) is 0 Å². The van der Waals surface area contributed by atoms with Gasteiger partial charge >= 0.3 is 0 Å². The summed E-state index contributed by atoms with van der Waals surface area (Å²) in [6, 6.07) is 3.66. The average molecular weight is 210 g/mol.